The molecule has 0 spiro atoms. The molecule has 5 nitrogen and oxygen atoms in total. The molecule has 1 saturated carbocycles. The van der Waals surface area contributed by atoms with Crippen LogP contribution in [0.25, 0.3) is 0 Å². The van der Waals surface area contributed by atoms with Crippen molar-refractivity contribution in [2.24, 2.45) is 0 Å². The van der Waals surface area contributed by atoms with E-state index in [0.29, 0.717) is 25.6 Å². The molecule has 0 bridgehead atoms. The van der Waals surface area contributed by atoms with Crippen molar-refractivity contribution in [2.75, 3.05) is 20.2 Å². The van der Waals surface area contributed by atoms with Gasteiger partial charge in [0.05, 0.1) is 7.11 Å². The lowest BCUT2D eigenvalue weighted by molar-refractivity contribution is -0.132. The number of benzene rings is 1. The molecule has 2 rings (SSSR count). The summed E-state index contributed by atoms with van der Waals surface area (Å²) in [6.07, 6.45) is 6.84. The van der Waals surface area contributed by atoms with Gasteiger partial charge in [-0.3, -0.25) is 9.59 Å². The first-order valence-corrected chi connectivity index (χ1v) is 9.27. The molecule has 0 aliphatic heterocycles. The van der Waals surface area contributed by atoms with Crippen LogP contribution in [0.2, 0.25) is 0 Å². The van der Waals surface area contributed by atoms with E-state index in [1.165, 1.54) is 19.3 Å². The van der Waals surface area contributed by atoms with Crippen molar-refractivity contribution in [2.45, 2.75) is 57.9 Å². The van der Waals surface area contributed by atoms with Gasteiger partial charge in [-0.2, -0.15) is 0 Å². The number of hydrogen-bond donors (Lipinski definition) is 1. The first-order chi connectivity index (χ1) is 12.1. The van der Waals surface area contributed by atoms with Crippen molar-refractivity contribution >= 4 is 11.8 Å². The molecule has 1 fully saturated rings. The lowest BCUT2D eigenvalue weighted by atomic mass is 9.94. The van der Waals surface area contributed by atoms with Crippen LogP contribution in [0.4, 0.5) is 0 Å². The lowest BCUT2D eigenvalue weighted by Crippen LogP contribution is -2.42. The van der Waals surface area contributed by atoms with Crippen molar-refractivity contribution in [3.05, 3.63) is 29.8 Å². The third-order valence-electron chi connectivity index (χ3n) is 4.91. The maximum atomic E-state index is 12.1. The molecule has 1 aliphatic carbocycles. The minimum absolute atomic E-state index is 0.00282. The van der Waals surface area contributed by atoms with E-state index in [9.17, 15) is 9.59 Å². The van der Waals surface area contributed by atoms with Crippen molar-refractivity contribution < 1.29 is 14.3 Å². The van der Waals surface area contributed by atoms with E-state index in [0.717, 1.165) is 30.6 Å². The zero-order chi connectivity index (χ0) is 18.1. The zero-order valence-electron chi connectivity index (χ0n) is 15.4. The van der Waals surface area contributed by atoms with Crippen LogP contribution in [-0.2, 0) is 16.0 Å². The Bertz CT molecular complexity index is 568. The number of hydrogen-bond acceptors (Lipinski definition) is 3. The minimum atomic E-state index is -0.00282. The summed E-state index contributed by atoms with van der Waals surface area (Å²) in [5.74, 6) is 0.919. The third-order valence-corrected chi connectivity index (χ3v) is 4.91. The summed E-state index contributed by atoms with van der Waals surface area (Å²) in [4.78, 5) is 25.9. The molecule has 25 heavy (non-hydrogen) atoms. The minimum Gasteiger partial charge on any atom is -0.496 e. The number of para-hydroxylation sites is 1. The topological polar surface area (TPSA) is 58.6 Å². The van der Waals surface area contributed by atoms with Crippen molar-refractivity contribution in [1.82, 2.24) is 10.2 Å². The van der Waals surface area contributed by atoms with Crippen molar-refractivity contribution in [3.63, 3.8) is 0 Å². The van der Waals surface area contributed by atoms with Crippen LogP contribution >= 0.6 is 0 Å². The van der Waals surface area contributed by atoms with Crippen LogP contribution in [0.1, 0.15) is 51.0 Å². The van der Waals surface area contributed by atoms with Gasteiger partial charge in [-0.15, -0.1) is 0 Å². The Balaban J connectivity index is 1.74. The van der Waals surface area contributed by atoms with Crippen LogP contribution < -0.4 is 10.1 Å². The van der Waals surface area contributed by atoms with E-state index in [2.05, 4.69) is 5.32 Å². The van der Waals surface area contributed by atoms with Crippen LogP contribution in [0, 0.1) is 0 Å². The Morgan fingerprint density at radius 2 is 1.92 bits per heavy atom. The number of amides is 2. The number of ether oxygens (including phenoxy) is 1. The average Bonchev–Trinajstić information content (AvgIpc) is 2.63. The van der Waals surface area contributed by atoms with Gasteiger partial charge in [0.25, 0.3) is 0 Å². The molecule has 138 valence electrons. The Labute approximate surface area is 150 Å². The van der Waals surface area contributed by atoms with E-state index in [-0.39, 0.29) is 11.8 Å². The molecule has 2 amide bonds. The number of nitrogens with zero attached hydrogens (tertiary/aromatic N) is 1. The summed E-state index contributed by atoms with van der Waals surface area (Å²) >= 11 is 0. The van der Waals surface area contributed by atoms with E-state index in [1.807, 2.05) is 29.2 Å². The van der Waals surface area contributed by atoms with Gasteiger partial charge < -0.3 is 15.0 Å². The molecule has 0 radical (unpaired) electrons. The lowest BCUT2D eigenvalue weighted by Gasteiger charge is -2.33. The van der Waals surface area contributed by atoms with Crippen molar-refractivity contribution in [1.29, 1.82) is 0 Å². The summed E-state index contributed by atoms with van der Waals surface area (Å²) in [7, 11) is 1.65. The maximum Gasteiger partial charge on any atom is 0.221 e. The highest BCUT2D eigenvalue weighted by atomic mass is 16.5. The molecule has 1 aromatic rings. The summed E-state index contributed by atoms with van der Waals surface area (Å²) < 4.78 is 5.32. The first kappa shape index (κ1) is 19.3. The molecular weight excluding hydrogens is 316 g/mol. The largest absolute Gasteiger partial charge is 0.496 e. The van der Waals surface area contributed by atoms with Crippen LogP contribution in [0.3, 0.4) is 0 Å². The van der Waals surface area contributed by atoms with Crippen LogP contribution in [0.5, 0.6) is 5.75 Å². The van der Waals surface area contributed by atoms with E-state index >= 15 is 0 Å². The summed E-state index contributed by atoms with van der Waals surface area (Å²) in [6, 6.07) is 8.14. The van der Waals surface area contributed by atoms with Gasteiger partial charge in [0.2, 0.25) is 11.8 Å². The molecule has 0 atom stereocenters. The first-order valence-electron chi connectivity index (χ1n) is 9.27. The summed E-state index contributed by atoms with van der Waals surface area (Å²) in [5.41, 5.74) is 1.08. The smallest absolute Gasteiger partial charge is 0.221 e. The molecule has 0 aromatic heterocycles. The monoisotopic (exact) mass is 346 g/mol. The second kappa shape index (κ2) is 10.1. The predicted octanol–water partition coefficient (Wildman–Crippen LogP) is 2.93. The average molecular weight is 346 g/mol. The Morgan fingerprint density at radius 1 is 1.20 bits per heavy atom. The summed E-state index contributed by atoms with van der Waals surface area (Å²) in [5, 5.41) is 2.95. The van der Waals surface area contributed by atoms with Gasteiger partial charge in [0.15, 0.2) is 0 Å². The molecule has 1 N–H and O–H groups in total. The van der Waals surface area contributed by atoms with Gasteiger partial charge in [-0.1, -0.05) is 37.5 Å². The SMILES string of the molecule is COc1ccccc1CCNC(=O)CCN(C(C)=O)C1CCCCC1. The van der Waals surface area contributed by atoms with Gasteiger partial charge in [0, 0.05) is 32.5 Å². The third kappa shape index (κ3) is 6.07. The fourth-order valence-corrected chi connectivity index (χ4v) is 3.55. The zero-order valence-corrected chi connectivity index (χ0v) is 15.4. The fraction of sp³-hybridized carbons (Fsp3) is 0.600. The van der Waals surface area contributed by atoms with E-state index < -0.39 is 0 Å². The molecule has 0 heterocycles. The Morgan fingerprint density at radius 3 is 2.60 bits per heavy atom. The second-order valence-corrected chi connectivity index (χ2v) is 6.67. The molecule has 5 heteroatoms. The number of methoxy groups -OCH3 is 1. The second-order valence-electron chi connectivity index (χ2n) is 6.67. The molecular formula is C20H30N2O3. The molecule has 1 aliphatic rings. The van der Waals surface area contributed by atoms with Crippen LogP contribution in [0.15, 0.2) is 24.3 Å². The number of nitrogens with one attached hydrogen (secondary N) is 1. The van der Waals surface area contributed by atoms with E-state index in [1.54, 1.807) is 14.0 Å². The Kier molecular flexibility index (Phi) is 7.76. The highest BCUT2D eigenvalue weighted by Crippen LogP contribution is 2.23. The number of carbonyl (C=O) groups is 2. The van der Waals surface area contributed by atoms with Crippen molar-refractivity contribution in [3.8, 4) is 5.75 Å². The normalized spacial score (nSPS) is 14.8. The predicted molar refractivity (Wildman–Crippen MR) is 98.6 cm³/mol. The highest BCUT2D eigenvalue weighted by molar-refractivity contribution is 5.78. The molecule has 0 saturated heterocycles. The quantitative estimate of drug-likeness (QED) is 0.787. The maximum absolute atomic E-state index is 12.1. The number of rotatable bonds is 8. The standard InChI is InChI=1S/C20H30N2O3/c1-16(23)22(18-9-4-3-5-10-18)15-13-20(24)21-14-12-17-8-6-7-11-19(17)25-2/h6-8,11,18H,3-5,9-10,12-15H2,1-2H3,(H,21,24). The fourth-order valence-electron chi connectivity index (χ4n) is 3.55. The highest BCUT2D eigenvalue weighted by Gasteiger charge is 2.23. The van der Waals surface area contributed by atoms with Gasteiger partial charge in [0.1, 0.15) is 5.75 Å². The van der Waals surface area contributed by atoms with E-state index in [4.69, 9.17) is 4.74 Å². The summed E-state index contributed by atoms with van der Waals surface area (Å²) in [6.45, 7) is 2.69. The Hall–Kier alpha value is -2.04. The van der Waals surface area contributed by atoms with Crippen LogP contribution in [-0.4, -0.2) is 43.0 Å². The molecule has 1 aromatic carbocycles. The molecule has 0 unspecified atom stereocenters. The number of carbonyl (C=O) groups excluding carboxylic acids is 2. The van der Waals surface area contributed by atoms with Gasteiger partial charge in [-0.25, -0.2) is 0 Å². The van der Waals surface area contributed by atoms with Gasteiger partial charge in [-0.05, 0) is 30.9 Å². The van der Waals surface area contributed by atoms with Gasteiger partial charge >= 0.3 is 0 Å².